The Bertz CT molecular complexity index is 663. The van der Waals surface area contributed by atoms with Gasteiger partial charge >= 0.3 is 0 Å². The smallest absolute Gasteiger partial charge is 0.167 e. The summed E-state index contributed by atoms with van der Waals surface area (Å²) in [4.78, 5) is 0. The van der Waals surface area contributed by atoms with Crippen LogP contribution in [0.3, 0.4) is 0 Å². The van der Waals surface area contributed by atoms with Gasteiger partial charge in [0.05, 0.1) is 28.4 Å². The fraction of sp³-hybridized carbons (Fsp3) is 0.400. The molecule has 0 amide bonds. The lowest BCUT2D eigenvalue weighted by Gasteiger charge is -2.19. The molecule has 0 radical (unpaired) electrons. The highest BCUT2D eigenvalue weighted by Crippen LogP contribution is 2.43. The van der Waals surface area contributed by atoms with E-state index in [1.807, 2.05) is 24.3 Å². The Morgan fingerprint density at radius 2 is 0.920 bits per heavy atom. The summed E-state index contributed by atoms with van der Waals surface area (Å²) in [6.07, 6.45) is 1.51. The highest BCUT2D eigenvalue weighted by Gasteiger charge is 2.19. The summed E-state index contributed by atoms with van der Waals surface area (Å²) in [7, 11) is 6.52. The van der Waals surface area contributed by atoms with Crippen LogP contribution < -0.4 is 23.7 Å². The van der Waals surface area contributed by atoms with Gasteiger partial charge in [0, 0.05) is 11.1 Å². The van der Waals surface area contributed by atoms with E-state index in [1.165, 1.54) is 0 Å². The zero-order valence-electron chi connectivity index (χ0n) is 15.8. The molecule has 0 atom stereocenters. The van der Waals surface area contributed by atoms with E-state index < -0.39 is 0 Å². The topological polar surface area (TPSA) is 46.2 Å². The average molecular weight is 346 g/mol. The van der Waals surface area contributed by atoms with Crippen molar-refractivity contribution in [2.24, 2.45) is 0 Å². The molecular weight excluding hydrogens is 320 g/mol. The first-order valence-electron chi connectivity index (χ1n) is 8.30. The van der Waals surface area contributed by atoms with Gasteiger partial charge in [0.25, 0.3) is 0 Å². The van der Waals surface area contributed by atoms with E-state index in [-0.39, 0.29) is 0 Å². The Hall–Kier alpha value is -2.56. The van der Waals surface area contributed by atoms with Crippen LogP contribution in [0.5, 0.6) is 34.5 Å². The van der Waals surface area contributed by atoms with Crippen molar-refractivity contribution in [3.8, 4) is 34.5 Å². The lowest BCUT2D eigenvalue weighted by atomic mass is 10.1. The second-order valence-electron chi connectivity index (χ2n) is 5.36. The Morgan fingerprint density at radius 1 is 0.560 bits per heavy atom. The standard InChI is InChI=1S/C20H26O5/c1-7-13-15(9-11-17(21-3)19(13)23-5)25-16-10-12-18(22-4)20(24-6)14(16)8-2/h9-12H,7-8H2,1-6H3. The molecule has 0 aliphatic heterocycles. The molecule has 0 spiro atoms. The normalized spacial score (nSPS) is 10.3. The van der Waals surface area contributed by atoms with E-state index in [0.29, 0.717) is 23.0 Å². The van der Waals surface area contributed by atoms with Crippen LogP contribution in [0.1, 0.15) is 25.0 Å². The molecule has 0 saturated carbocycles. The van der Waals surface area contributed by atoms with Crippen LogP contribution in [-0.4, -0.2) is 28.4 Å². The molecule has 2 rings (SSSR count). The molecule has 0 aliphatic carbocycles. The molecule has 2 aromatic carbocycles. The highest BCUT2D eigenvalue weighted by molar-refractivity contribution is 5.58. The predicted molar refractivity (Wildman–Crippen MR) is 97.9 cm³/mol. The van der Waals surface area contributed by atoms with Crippen LogP contribution in [0.4, 0.5) is 0 Å². The first-order chi connectivity index (χ1) is 12.1. The second-order valence-corrected chi connectivity index (χ2v) is 5.36. The van der Waals surface area contributed by atoms with Crippen molar-refractivity contribution in [3.63, 3.8) is 0 Å². The van der Waals surface area contributed by atoms with Crippen molar-refractivity contribution >= 4 is 0 Å². The average Bonchev–Trinajstić information content (AvgIpc) is 2.66. The lowest BCUT2D eigenvalue weighted by molar-refractivity contribution is 0.344. The molecule has 0 aromatic heterocycles. The first-order valence-corrected chi connectivity index (χ1v) is 8.30. The zero-order valence-corrected chi connectivity index (χ0v) is 15.8. The third-order valence-electron chi connectivity index (χ3n) is 4.14. The molecule has 0 aliphatic rings. The van der Waals surface area contributed by atoms with Crippen molar-refractivity contribution < 1.29 is 23.7 Å². The van der Waals surface area contributed by atoms with Crippen molar-refractivity contribution in [3.05, 3.63) is 35.4 Å². The minimum atomic E-state index is 0.690. The zero-order chi connectivity index (χ0) is 18.4. The molecule has 0 N–H and O–H groups in total. The minimum absolute atomic E-state index is 0.690. The van der Waals surface area contributed by atoms with Gasteiger partial charge in [-0.15, -0.1) is 0 Å². The van der Waals surface area contributed by atoms with Gasteiger partial charge in [-0.3, -0.25) is 0 Å². The monoisotopic (exact) mass is 346 g/mol. The van der Waals surface area contributed by atoms with E-state index in [9.17, 15) is 0 Å². The van der Waals surface area contributed by atoms with Crippen molar-refractivity contribution in [2.45, 2.75) is 26.7 Å². The van der Waals surface area contributed by atoms with E-state index in [2.05, 4.69) is 13.8 Å². The van der Waals surface area contributed by atoms with Crippen LogP contribution in [0, 0.1) is 0 Å². The number of rotatable bonds is 8. The third kappa shape index (κ3) is 3.60. The Labute approximate surface area is 149 Å². The first kappa shape index (κ1) is 18.8. The largest absolute Gasteiger partial charge is 0.493 e. The fourth-order valence-electron chi connectivity index (χ4n) is 2.92. The van der Waals surface area contributed by atoms with Gasteiger partial charge in [-0.2, -0.15) is 0 Å². The molecule has 2 aromatic rings. The predicted octanol–water partition coefficient (Wildman–Crippen LogP) is 4.64. The molecule has 0 unspecified atom stereocenters. The van der Waals surface area contributed by atoms with Crippen molar-refractivity contribution in [2.75, 3.05) is 28.4 Å². The summed E-state index contributed by atoms with van der Waals surface area (Å²) >= 11 is 0. The van der Waals surface area contributed by atoms with E-state index in [1.54, 1.807) is 28.4 Å². The number of methoxy groups -OCH3 is 4. The summed E-state index contributed by atoms with van der Waals surface area (Å²) < 4.78 is 28.0. The summed E-state index contributed by atoms with van der Waals surface area (Å²) in [5.41, 5.74) is 1.91. The van der Waals surface area contributed by atoms with E-state index >= 15 is 0 Å². The SMILES string of the molecule is CCc1c(Oc2ccc(OC)c(OC)c2CC)ccc(OC)c1OC. The fourth-order valence-corrected chi connectivity index (χ4v) is 2.92. The Morgan fingerprint density at radius 3 is 1.20 bits per heavy atom. The van der Waals surface area contributed by atoms with Crippen LogP contribution in [0.15, 0.2) is 24.3 Å². The van der Waals surface area contributed by atoms with Gasteiger partial charge in [0.2, 0.25) is 0 Å². The van der Waals surface area contributed by atoms with Gasteiger partial charge in [-0.1, -0.05) is 13.8 Å². The number of hydrogen-bond acceptors (Lipinski definition) is 5. The van der Waals surface area contributed by atoms with Crippen LogP contribution in [0.2, 0.25) is 0 Å². The van der Waals surface area contributed by atoms with Gasteiger partial charge in [0.1, 0.15) is 11.5 Å². The summed E-state index contributed by atoms with van der Waals surface area (Å²) in [5.74, 6) is 4.25. The van der Waals surface area contributed by atoms with Crippen molar-refractivity contribution in [1.29, 1.82) is 0 Å². The Kier molecular flexibility index (Phi) is 6.39. The molecule has 0 saturated heterocycles. The van der Waals surface area contributed by atoms with Crippen LogP contribution in [0.25, 0.3) is 0 Å². The summed E-state index contributed by atoms with van der Waals surface area (Å²) in [6, 6.07) is 7.49. The third-order valence-corrected chi connectivity index (χ3v) is 4.14. The number of benzene rings is 2. The quantitative estimate of drug-likeness (QED) is 0.697. The molecule has 5 nitrogen and oxygen atoms in total. The molecule has 0 heterocycles. The van der Waals surface area contributed by atoms with Gasteiger partial charge in [-0.05, 0) is 37.1 Å². The maximum atomic E-state index is 6.24. The van der Waals surface area contributed by atoms with Crippen LogP contribution in [-0.2, 0) is 12.8 Å². The van der Waals surface area contributed by atoms with E-state index in [4.69, 9.17) is 23.7 Å². The second kappa shape index (κ2) is 8.51. The molecular formula is C20H26O5. The van der Waals surface area contributed by atoms with Gasteiger partial charge < -0.3 is 23.7 Å². The maximum absolute atomic E-state index is 6.24. The number of ether oxygens (including phenoxy) is 5. The molecule has 0 bridgehead atoms. The summed E-state index contributed by atoms with van der Waals surface area (Å²) in [5, 5.41) is 0. The van der Waals surface area contributed by atoms with Gasteiger partial charge in [-0.25, -0.2) is 0 Å². The van der Waals surface area contributed by atoms with Crippen LogP contribution >= 0.6 is 0 Å². The van der Waals surface area contributed by atoms with Crippen molar-refractivity contribution in [1.82, 2.24) is 0 Å². The summed E-state index contributed by atoms with van der Waals surface area (Å²) in [6.45, 7) is 4.11. The maximum Gasteiger partial charge on any atom is 0.167 e. The minimum Gasteiger partial charge on any atom is -0.493 e. The van der Waals surface area contributed by atoms with Gasteiger partial charge in [0.15, 0.2) is 23.0 Å². The molecule has 25 heavy (non-hydrogen) atoms. The Balaban J connectivity index is 2.53. The molecule has 5 heteroatoms. The lowest BCUT2D eigenvalue weighted by Crippen LogP contribution is -2.01. The number of hydrogen-bond donors (Lipinski definition) is 0. The highest BCUT2D eigenvalue weighted by atomic mass is 16.5. The molecule has 0 fully saturated rings. The molecule has 136 valence electrons. The van der Waals surface area contributed by atoms with E-state index in [0.717, 1.165) is 35.5 Å².